The summed E-state index contributed by atoms with van der Waals surface area (Å²) in [5.41, 5.74) is 0. The SMILES string of the molecule is CO[C@@H]1C[C@H]2C[C@@H]1CC2NCC(O)COCC1CC1. The smallest absolute Gasteiger partial charge is 0.0897 e. The van der Waals surface area contributed by atoms with Crippen LogP contribution in [0.5, 0.6) is 0 Å². The molecule has 0 aromatic heterocycles. The Morgan fingerprint density at radius 3 is 2.68 bits per heavy atom. The summed E-state index contributed by atoms with van der Waals surface area (Å²) >= 11 is 0. The van der Waals surface area contributed by atoms with Crippen LogP contribution in [0.4, 0.5) is 0 Å². The lowest BCUT2D eigenvalue weighted by molar-refractivity contribution is 0.0258. The Morgan fingerprint density at radius 1 is 1.21 bits per heavy atom. The second-order valence-corrected chi connectivity index (χ2v) is 6.65. The van der Waals surface area contributed by atoms with Crippen LogP contribution in [-0.4, -0.2) is 50.2 Å². The molecule has 0 heterocycles. The maximum atomic E-state index is 9.90. The van der Waals surface area contributed by atoms with E-state index in [4.69, 9.17) is 9.47 Å². The lowest BCUT2D eigenvalue weighted by atomic mass is 9.93. The van der Waals surface area contributed by atoms with Gasteiger partial charge in [0, 0.05) is 26.3 Å². The zero-order chi connectivity index (χ0) is 13.2. The van der Waals surface area contributed by atoms with Crippen molar-refractivity contribution in [3.63, 3.8) is 0 Å². The molecule has 0 aliphatic heterocycles. The van der Waals surface area contributed by atoms with Gasteiger partial charge in [0.1, 0.15) is 0 Å². The molecule has 0 saturated heterocycles. The molecule has 110 valence electrons. The quantitative estimate of drug-likeness (QED) is 0.695. The van der Waals surface area contributed by atoms with E-state index in [0.29, 0.717) is 25.3 Å². The number of hydrogen-bond acceptors (Lipinski definition) is 4. The van der Waals surface area contributed by atoms with Crippen LogP contribution >= 0.6 is 0 Å². The molecule has 0 aromatic carbocycles. The standard InChI is InChI=1S/C15H27NO3/c1-18-15-6-11-4-12(15)5-14(11)16-7-13(17)9-19-8-10-2-3-10/h10-17H,2-9H2,1H3/t11-,12-,13?,14?,15-/m1/s1. The summed E-state index contributed by atoms with van der Waals surface area (Å²) in [6.07, 6.45) is 6.42. The third kappa shape index (κ3) is 3.48. The van der Waals surface area contributed by atoms with E-state index in [1.165, 1.54) is 32.1 Å². The fourth-order valence-corrected chi connectivity index (χ4v) is 3.76. The van der Waals surface area contributed by atoms with E-state index < -0.39 is 0 Å². The van der Waals surface area contributed by atoms with Crippen LogP contribution in [-0.2, 0) is 9.47 Å². The van der Waals surface area contributed by atoms with Gasteiger partial charge in [-0.3, -0.25) is 0 Å². The Balaban J connectivity index is 1.30. The number of fused-ring (bicyclic) bond motifs is 2. The summed E-state index contributed by atoms with van der Waals surface area (Å²) in [5.74, 6) is 2.25. The van der Waals surface area contributed by atoms with Gasteiger partial charge in [-0.25, -0.2) is 0 Å². The van der Waals surface area contributed by atoms with Gasteiger partial charge in [0.25, 0.3) is 0 Å². The Bertz CT molecular complexity index is 295. The first kappa shape index (κ1) is 13.8. The third-order valence-corrected chi connectivity index (χ3v) is 5.07. The van der Waals surface area contributed by atoms with E-state index in [0.717, 1.165) is 24.4 Å². The van der Waals surface area contributed by atoms with Gasteiger partial charge >= 0.3 is 0 Å². The van der Waals surface area contributed by atoms with Gasteiger partial charge in [0.05, 0.1) is 18.8 Å². The van der Waals surface area contributed by atoms with Crippen LogP contribution in [0, 0.1) is 17.8 Å². The molecule has 0 aromatic rings. The zero-order valence-corrected chi connectivity index (χ0v) is 11.9. The largest absolute Gasteiger partial charge is 0.389 e. The van der Waals surface area contributed by atoms with Gasteiger partial charge in [-0.05, 0) is 49.9 Å². The highest BCUT2D eigenvalue weighted by Gasteiger charge is 2.45. The summed E-state index contributed by atoms with van der Waals surface area (Å²) in [4.78, 5) is 0. The summed E-state index contributed by atoms with van der Waals surface area (Å²) < 4.78 is 11.0. The van der Waals surface area contributed by atoms with E-state index in [9.17, 15) is 5.11 Å². The molecule has 0 spiro atoms. The van der Waals surface area contributed by atoms with Crippen LogP contribution in [0.15, 0.2) is 0 Å². The number of nitrogens with one attached hydrogen (secondary N) is 1. The molecule has 2 N–H and O–H groups in total. The van der Waals surface area contributed by atoms with Gasteiger partial charge in [-0.15, -0.1) is 0 Å². The highest BCUT2D eigenvalue weighted by molar-refractivity contribution is 4.99. The highest BCUT2D eigenvalue weighted by atomic mass is 16.5. The van der Waals surface area contributed by atoms with Crippen molar-refractivity contribution in [3.05, 3.63) is 0 Å². The molecule has 4 heteroatoms. The number of ether oxygens (including phenoxy) is 2. The van der Waals surface area contributed by atoms with Crippen LogP contribution in [0.3, 0.4) is 0 Å². The Labute approximate surface area is 115 Å². The maximum absolute atomic E-state index is 9.90. The minimum absolute atomic E-state index is 0.365. The van der Waals surface area contributed by atoms with Gasteiger partial charge < -0.3 is 19.9 Å². The van der Waals surface area contributed by atoms with E-state index in [-0.39, 0.29) is 6.10 Å². The highest BCUT2D eigenvalue weighted by Crippen LogP contribution is 2.45. The lowest BCUT2D eigenvalue weighted by Crippen LogP contribution is -2.42. The number of hydrogen-bond donors (Lipinski definition) is 2. The molecule has 2 bridgehead atoms. The second kappa shape index (κ2) is 6.08. The molecule has 3 rings (SSSR count). The van der Waals surface area contributed by atoms with Gasteiger partial charge in [-0.1, -0.05) is 0 Å². The molecule has 5 atom stereocenters. The monoisotopic (exact) mass is 269 g/mol. The van der Waals surface area contributed by atoms with Gasteiger partial charge in [0.15, 0.2) is 0 Å². The summed E-state index contributed by atoms with van der Waals surface area (Å²) in [6.45, 7) is 1.97. The van der Waals surface area contributed by atoms with E-state index in [2.05, 4.69) is 5.32 Å². The predicted octanol–water partition coefficient (Wildman–Crippen LogP) is 1.18. The second-order valence-electron chi connectivity index (χ2n) is 6.65. The summed E-state index contributed by atoms with van der Waals surface area (Å²) in [7, 11) is 1.83. The maximum Gasteiger partial charge on any atom is 0.0897 e. The molecular formula is C15H27NO3. The molecule has 3 fully saturated rings. The number of aliphatic hydroxyl groups is 1. The molecule has 2 unspecified atom stereocenters. The first-order valence-corrected chi connectivity index (χ1v) is 7.78. The molecular weight excluding hydrogens is 242 g/mol. The molecule has 19 heavy (non-hydrogen) atoms. The normalized spacial score (nSPS) is 38.8. The van der Waals surface area contributed by atoms with Crippen molar-refractivity contribution in [1.29, 1.82) is 0 Å². The lowest BCUT2D eigenvalue weighted by Gasteiger charge is -2.28. The van der Waals surface area contributed by atoms with Crippen molar-refractivity contribution in [3.8, 4) is 0 Å². The van der Waals surface area contributed by atoms with Gasteiger partial charge in [0.2, 0.25) is 0 Å². The van der Waals surface area contributed by atoms with Crippen molar-refractivity contribution >= 4 is 0 Å². The third-order valence-electron chi connectivity index (χ3n) is 5.07. The Kier molecular flexibility index (Phi) is 4.42. The minimum atomic E-state index is -0.365. The Hall–Kier alpha value is -0.160. The van der Waals surface area contributed by atoms with Gasteiger partial charge in [-0.2, -0.15) is 0 Å². The first-order chi connectivity index (χ1) is 9.26. The molecule has 0 radical (unpaired) electrons. The first-order valence-electron chi connectivity index (χ1n) is 7.78. The van der Waals surface area contributed by atoms with Crippen molar-refractivity contribution in [2.75, 3.05) is 26.9 Å². The molecule has 3 aliphatic carbocycles. The number of methoxy groups -OCH3 is 1. The van der Waals surface area contributed by atoms with E-state index in [1.807, 2.05) is 7.11 Å². The fourth-order valence-electron chi connectivity index (χ4n) is 3.76. The number of aliphatic hydroxyl groups excluding tert-OH is 1. The van der Waals surface area contributed by atoms with E-state index in [1.54, 1.807) is 0 Å². The van der Waals surface area contributed by atoms with Crippen LogP contribution in [0.2, 0.25) is 0 Å². The number of rotatable bonds is 8. The molecule has 4 nitrogen and oxygen atoms in total. The van der Waals surface area contributed by atoms with E-state index >= 15 is 0 Å². The van der Waals surface area contributed by atoms with Crippen LogP contribution in [0.25, 0.3) is 0 Å². The predicted molar refractivity (Wildman–Crippen MR) is 73.0 cm³/mol. The average Bonchev–Trinajstić information content (AvgIpc) is 3.03. The minimum Gasteiger partial charge on any atom is -0.389 e. The van der Waals surface area contributed by atoms with Crippen molar-refractivity contribution in [2.24, 2.45) is 17.8 Å². The van der Waals surface area contributed by atoms with Crippen LogP contribution < -0.4 is 5.32 Å². The molecule has 0 amide bonds. The fraction of sp³-hybridized carbons (Fsp3) is 1.00. The van der Waals surface area contributed by atoms with Crippen LogP contribution in [0.1, 0.15) is 32.1 Å². The van der Waals surface area contributed by atoms with Crippen molar-refractivity contribution < 1.29 is 14.6 Å². The average molecular weight is 269 g/mol. The molecule has 3 aliphatic rings. The zero-order valence-electron chi connectivity index (χ0n) is 11.9. The Morgan fingerprint density at radius 2 is 2.05 bits per heavy atom. The van der Waals surface area contributed by atoms with Crippen molar-refractivity contribution in [2.45, 2.75) is 50.4 Å². The summed E-state index contributed by atoms with van der Waals surface area (Å²) in [6, 6.07) is 0.578. The molecule has 3 saturated carbocycles. The summed E-state index contributed by atoms with van der Waals surface area (Å²) in [5, 5.41) is 13.4. The van der Waals surface area contributed by atoms with Crippen molar-refractivity contribution in [1.82, 2.24) is 5.32 Å². The topological polar surface area (TPSA) is 50.7 Å².